The van der Waals surface area contributed by atoms with E-state index in [2.05, 4.69) is 0 Å². The summed E-state index contributed by atoms with van der Waals surface area (Å²) in [5.74, 6) is -3.41. The zero-order chi connectivity index (χ0) is 25.8. The first-order valence-electron chi connectivity index (χ1n) is 11.7. The van der Waals surface area contributed by atoms with E-state index in [0.717, 1.165) is 12.8 Å². The average Bonchev–Trinajstić information content (AvgIpc) is 2.88. The molecule has 5 rings (SSSR count). The van der Waals surface area contributed by atoms with Gasteiger partial charge in [-0.2, -0.15) is 0 Å². The molecule has 10 heteroatoms. The number of carbonyl (C=O) groups excluding carboxylic acids is 3. The van der Waals surface area contributed by atoms with E-state index in [0.29, 0.717) is 13.0 Å². The molecule has 2 aliphatic carbocycles. The number of aromatic hydroxyl groups is 2. The fourth-order valence-electron chi connectivity index (χ4n) is 5.40. The van der Waals surface area contributed by atoms with Crippen LogP contribution in [0, 0.1) is 0 Å². The second-order valence-corrected chi connectivity index (χ2v) is 9.30. The molecule has 1 aliphatic heterocycles. The Balaban J connectivity index is 1.72. The van der Waals surface area contributed by atoms with Crippen LogP contribution in [0.25, 0.3) is 0 Å². The van der Waals surface area contributed by atoms with Crippen molar-refractivity contribution in [2.45, 2.75) is 50.1 Å². The second-order valence-electron chi connectivity index (χ2n) is 9.30. The predicted octanol–water partition coefficient (Wildman–Crippen LogP) is 1.70. The highest BCUT2D eigenvalue weighted by molar-refractivity contribution is 6.31. The smallest absolute Gasteiger partial charge is 0.202 e. The maximum Gasteiger partial charge on any atom is 0.202 e. The highest BCUT2D eigenvalue weighted by Gasteiger charge is 2.49. The Bertz CT molecular complexity index is 1280. The summed E-state index contributed by atoms with van der Waals surface area (Å²) in [5.41, 5.74) is -3.12. The van der Waals surface area contributed by atoms with Gasteiger partial charge in [-0.15, -0.1) is 0 Å². The fraction of sp³-hybridized carbons (Fsp3) is 0.423. The number of benzene rings is 2. The van der Waals surface area contributed by atoms with Gasteiger partial charge in [0, 0.05) is 36.1 Å². The number of ketones is 3. The largest absolute Gasteiger partial charge is 0.507 e. The van der Waals surface area contributed by atoms with Crippen LogP contribution >= 0.6 is 0 Å². The number of phenols is 2. The zero-order valence-corrected chi connectivity index (χ0v) is 19.6. The number of ether oxygens (including phenoxy) is 3. The Hall–Kier alpha value is -3.31. The minimum atomic E-state index is -2.14. The van der Waals surface area contributed by atoms with E-state index in [-0.39, 0.29) is 34.4 Å². The van der Waals surface area contributed by atoms with Crippen LogP contribution in [0.1, 0.15) is 74.8 Å². The van der Waals surface area contributed by atoms with E-state index >= 15 is 0 Å². The van der Waals surface area contributed by atoms with E-state index in [9.17, 15) is 34.8 Å². The van der Waals surface area contributed by atoms with Gasteiger partial charge in [-0.25, -0.2) is 0 Å². The van der Waals surface area contributed by atoms with Crippen molar-refractivity contribution in [3.05, 3.63) is 51.6 Å². The first-order chi connectivity index (χ1) is 17.2. The summed E-state index contributed by atoms with van der Waals surface area (Å²) in [7, 11) is 1.35. The standard InChI is InChI=1S/C26H26O10/c1-34-14-6-4-5-12-18(14)24(31)21-20(22(12)29)23(30)13-9-26(33,16(28)11-27)10-15(19(13)25(21)32)36-17-7-2-3-8-35-17/h4-6,15,17,27,30,32-33H,2-3,7-11H2,1H3. The molecular weight excluding hydrogens is 472 g/mol. The van der Waals surface area contributed by atoms with Gasteiger partial charge in [0.05, 0.1) is 29.9 Å². The summed E-state index contributed by atoms with van der Waals surface area (Å²) in [4.78, 5) is 39.5. The van der Waals surface area contributed by atoms with Gasteiger partial charge in [0.2, 0.25) is 5.78 Å². The molecular formula is C26H26O10. The molecule has 1 heterocycles. The van der Waals surface area contributed by atoms with Gasteiger partial charge >= 0.3 is 0 Å². The van der Waals surface area contributed by atoms with Crippen molar-refractivity contribution in [1.29, 1.82) is 0 Å². The lowest BCUT2D eigenvalue weighted by molar-refractivity contribution is -0.204. The minimum Gasteiger partial charge on any atom is -0.507 e. The van der Waals surface area contributed by atoms with E-state index in [1.165, 1.54) is 25.3 Å². The Labute approximate surface area is 206 Å². The molecule has 2 aromatic carbocycles. The lowest BCUT2D eigenvalue weighted by Crippen LogP contribution is -2.48. The summed E-state index contributed by atoms with van der Waals surface area (Å²) < 4.78 is 16.9. The molecule has 4 N–H and O–H groups in total. The third kappa shape index (κ3) is 3.60. The van der Waals surface area contributed by atoms with Crippen molar-refractivity contribution in [2.75, 3.05) is 20.3 Å². The minimum absolute atomic E-state index is 0.00432. The van der Waals surface area contributed by atoms with Gasteiger partial charge < -0.3 is 34.6 Å². The molecule has 3 unspecified atom stereocenters. The summed E-state index contributed by atoms with van der Waals surface area (Å²) >= 11 is 0. The van der Waals surface area contributed by atoms with Crippen LogP contribution in [-0.4, -0.2) is 70.0 Å². The summed E-state index contributed by atoms with van der Waals surface area (Å²) in [6.07, 6.45) is -0.549. The number of methoxy groups -OCH3 is 1. The van der Waals surface area contributed by atoms with Gasteiger partial charge in [0.15, 0.2) is 17.9 Å². The van der Waals surface area contributed by atoms with Gasteiger partial charge in [-0.05, 0) is 25.3 Å². The van der Waals surface area contributed by atoms with Crippen molar-refractivity contribution >= 4 is 17.3 Å². The van der Waals surface area contributed by atoms with Crippen molar-refractivity contribution in [3.63, 3.8) is 0 Å². The normalized spacial score (nSPS) is 25.1. The molecule has 0 bridgehead atoms. The molecule has 36 heavy (non-hydrogen) atoms. The number of aliphatic hydroxyl groups excluding tert-OH is 1. The van der Waals surface area contributed by atoms with Gasteiger partial charge in [0.1, 0.15) is 29.5 Å². The monoisotopic (exact) mass is 498 g/mol. The molecule has 3 aliphatic rings. The van der Waals surface area contributed by atoms with Crippen LogP contribution < -0.4 is 4.74 Å². The van der Waals surface area contributed by atoms with Crippen molar-refractivity contribution in [1.82, 2.24) is 0 Å². The summed E-state index contributed by atoms with van der Waals surface area (Å²) in [5, 5.41) is 43.3. The fourth-order valence-corrected chi connectivity index (χ4v) is 5.40. The number of hydrogen-bond donors (Lipinski definition) is 4. The molecule has 2 aromatic rings. The van der Waals surface area contributed by atoms with Crippen LogP contribution in [0.15, 0.2) is 18.2 Å². The van der Waals surface area contributed by atoms with Crippen LogP contribution in [0.2, 0.25) is 0 Å². The topological polar surface area (TPSA) is 160 Å². The Morgan fingerprint density at radius 2 is 1.86 bits per heavy atom. The third-order valence-corrected chi connectivity index (χ3v) is 7.19. The number of Topliss-reactive ketones (excluding diaryl/α,β-unsaturated/α-hetero) is 1. The summed E-state index contributed by atoms with van der Waals surface area (Å²) in [6, 6.07) is 4.45. The molecule has 1 saturated heterocycles. The van der Waals surface area contributed by atoms with Crippen LogP contribution in [0.4, 0.5) is 0 Å². The van der Waals surface area contributed by atoms with E-state index in [4.69, 9.17) is 14.2 Å². The number of carbonyl (C=O) groups is 3. The number of rotatable bonds is 5. The SMILES string of the molecule is COc1cccc2c1C(=O)c1c(O)c3c(c(O)c1C2=O)CC(O)(C(=O)CO)CC3OC1CCCCO1. The van der Waals surface area contributed by atoms with Gasteiger partial charge in [0.25, 0.3) is 0 Å². The predicted molar refractivity (Wildman–Crippen MR) is 122 cm³/mol. The number of hydrogen-bond acceptors (Lipinski definition) is 10. The first kappa shape index (κ1) is 24.4. The number of aliphatic hydroxyl groups is 2. The molecule has 10 nitrogen and oxygen atoms in total. The van der Waals surface area contributed by atoms with Gasteiger partial charge in [-0.3, -0.25) is 14.4 Å². The molecule has 1 fully saturated rings. The van der Waals surface area contributed by atoms with Crippen LogP contribution in [0.3, 0.4) is 0 Å². The zero-order valence-electron chi connectivity index (χ0n) is 19.6. The average molecular weight is 498 g/mol. The Morgan fingerprint density at radius 1 is 1.11 bits per heavy atom. The maximum absolute atomic E-state index is 13.6. The molecule has 3 atom stereocenters. The maximum atomic E-state index is 13.6. The molecule has 190 valence electrons. The quantitative estimate of drug-likeness (QED) is 0.381. The lowest BCUT2D eigenvalue weighted by atomic mass is 9.72. The molecule has 0 spiro atoms. The molecule has 0 saturated carbocycles. The number of fused-ring (bicyclic) bond motifs is 3. The molecule has 0 radical (unpaired) electrons. The van der Waals surface area contributed by atoms with E-state index in [1.54, 1.807) is 0 Å². The van der Waals surface area contributed by atoms with Gasteiger partial charge in [-0.1, -0.05) is 12.1 Å². The van der Waals surface area contributed by atoms with Crippen molar-refractivity contribution in [2.24, 2.45) is 0 Å². The highest BCUT2D eigenvalue weighted by atomic mass is 16.7. The lowest BCUT2D eigenvalue weighted by Gasteiger charge is -2.40. The Morgan fingerprint density at radius 3 is 2.53 bits per heavy atom. The second kappa shape index (κ2) is 8.97. The van der Waals surface area contributed by atoms with E-state index in [1.807, 2.05) is 0 Å². The third-order valence-electron chi connectivity index (χ3n) is 7.19. The molecule has 0 aromatic heterocycles. The highest BCUT2D eigenvalue weighted by Crippen LogP contribution is 2.52. The summed E-state index contributed by atoms with van der Waals surface area (Å²) in [6.45, 7) is -0.518. The first-order valence-corrected chi connectivity index (χ1v) is 11.7. The van der Waals surface area contributed by atoms with Crippen molar-refractivity contribution in [3.8, 4) is 17.2 Å². The van der Waals surface area contributed by atoms with Crippen LogP contribution in [0.5, 0.6) is 17.2 Å². The number of phenolic OH excluding ortho intramolecular Hbond substituents is 2. The Kier molecular flexibility index (Phi) is 6.08. The van der Waals surface area contributed by atoms with E-state index < -0.39 is 71.0 Å². The molecule has 0 amide bonds. The van der Waals surface area contributed by atoms with Crippen LogP contribution in [-0.2, 0) is 20.7 Å². The van der Waals surface area contributed by atoms with Crippen molar-refractivity contribution < 1.29 is 49.0 Å².